The molecule has 0 aromatic carbocycles. The lowest BCUT2D eigenvalue weighted by atomic mass is 10.3. The highest BCUT2D eigenvalue weighted by Gasteiger charge is 2.01. The highest BCUT2D eigenvalue weighted by Crippen LogP contribution is 1.86. The Morgan fingerprint density at radius 1 is 1.80 bits per heavy atom. The second kappa shape index (κ2) is 4.57. The first-order valence-electron chi connectivity index (χ1n) is 2.80. The summed E-state index contributed by atoms with van der Waals surface area (Å²) in [6, 6.07) is 0. The molecule has 0 saturated carbocycles. The molecule has 0 amide bonds. The summed E-state index contributed by atoms with van der Waals surface area (Å²) in [6.45, 7) is 1.53. The first-order chi connectivity index (χ1) is 4.66. The molecule has 0 aromatic rings. The first-order valence-corrected chi connectivity index (χ1v) is 2.80. The summed E-state index contributed by atoms with van der Waals surface area (Å²) in [5, 5.41) is 6.91. The molecule has 3 nitrogen and oxygen atoms in total. The Bertz CT molecular complexity index is 179. The van der Waals surface area contributed by atoms with Crippen molar-refractivity contribution in [3.63, 3.8) is 0 Å². The smallest absolute Gasteiger partial charge is 0.312 e. The first kappa shape index (κ1) is 8.70. The van der Waals surface area contributed by atoms with Crippen LogP contribution in [0.25, 0.3) is 0 Å². The third-order valence-corrected chi connectivity index (χ3v) is 0.726. The van der Waals surface area contributed by atoms with Crippen LogP contribution in [-0.4, -0.2) is 18.3 Å². The summed E-state index contributed by atoms with van der Waals surface area (Å²) in [5.74, 6) is 1.72. The second-order valence-corrected chi connectivity index (χ2v) is 1.82. The molecule has 10 heavy (non-hydrogen) atoms. The molecule has 0 heterocycles. The average molecular weight is 139 g/mol. The second-order valence-electron chi connectivity index (χ2n) is 1.82. The fourth-order valence-corrected chi connectivity index (χ4v) is 0.390. The summed E-state index contributed by atoms with van der Waals surface area (Å²) in [4.78, 5) is 10.6. The van der Waals surface area contributed by atoms with E-state index in [9.17, 15) is 4.79 Å². The van der Waals surface area contributed by atoms with E-state index in [1.165, 1.54) is 6.92 Å². The number of carbonyl (C=O) groups is 1. The lowest BCUT2D eigenvalue weighted by Crippen LogP contribution is -2.08. The van der Waals surface area contributed by atoms with Crippen molar-refractivity contribution in [3.05, 3.63) is 0 Å². The highest BCUT2D eigenvalue weighted by atomic mass is 16.5. The minimum atomic E-state index is -0.439. The number of nitrogens with one attached hydrogen (secondary N) is 1. The molecule has 0 saturated heterocycles. The number of terminal acetylenes is 1. The molecule has 0 rings (SSSR count). The van der Waals surface area contributed by atoms with Gasteiger partial charge in [-0.05, 0) is 6.92 Å². The predicted octanol–water partition coefficient (Wildman–Crippen LogP) is 0.593. The van der Waals surface area contributed by atoms with Gasteiger partial charge in [-0.25, -0.2) is 0 Å². The average Bonchev–Trinajstić information content (AvgIpc) is 1.82. The van der Waals surface area contributed by atoms with Crippen LogP contribution in [0.15, 0.2) is 0 Å². The minimum absolute atomic E-state index is 0.00782. The number of esters is 1. The van der Waals surface area contributed by atoms with Gasteiger partial charge >= 0.3 is 5.97 Å². The monoisotopic (exact) mass is 139 g/mol. The molecule has 3 heteroatoms. The van der Waals surface area contributed by atoms with Crippen LogP contribution in [0.4, 0.5) is 0 Å². The zero-order valence-electron chi connectivity index (χ0n) is 5.81. The van der Waals surface area contributed by atoms with Gasteiger partial charge in [0, 0.05) is 5.71 Å². The summed E-state index contributed by atoms with van der Waals surface area (Å²) < 4.78 is 4.49. The minimum Gasteiger partial charge on any atom is -0.452 e. The van der Waals surface area contributed by atoms with Gasteiger partial charge in [0.15, 0.2) is 6.61 Å². The van der Waals surface area contributed by atoms with Crippen molar-refractivity contribution in [3.8, 4) is 12.3 Å². The molecule has 0 atom stereocenters. The number of ether oxygens (including phenoxy) is 1. The summed E-state index contributed by atoms with van der Waals surface area (Å²) in [6.07, 6.45) is 4.86. The Kier molecular flexibility index (Phi) is 3.97. The zero-order valence-corrected chi connectivity index (χ0v) is 5.81. The van der Waals surface area contributed by atoms with Gasteiger partial charge in [0.25, 0.3) is 0 Å². The van der Waals surface area contributed by atoms with E-state index in [1.807, 2.05) is 0 Å². The fraction of sp³-hybridized carbons (Fsp3) is 0.429. The quantitative estimate of drug-likeness (QED) is 0.353. The van der Waals surface area contributed by atoms with Crippen LogP contribution in [0.1, 0.15) is 13.3 Å². The van der Waals surface area contributed by atoms with Crippen molar-refractivity contribution in [1.29, 1.82) is 5.41 Å². The number of carbonyl (C=O) groups excluding carboxylic acids is 1. The highest BCUT2D eigenvalue weighted by molar-refractivity contribution is 5.95. The van der Waals surface area contributed by atoms with E-state index in [4.69, 9.17) is 11.8 Å². The number of rotatable bonds is 3. The predicted molar refractivity (Wildman–Crippen MR) is 37.8 cm³/mol. The van der Waals surface area contributed by atoms with Gasteiger partial charge in [-0.2, -0.15) is 0 Å². The Labute approximate surface area is 59.9 Å². The van der Waals surface area contributed by atoms with Crippen LogP contribution in [-0.2, 0) is 9.53 Å². The number of hydrogen-bond acceptors (Lipinski definition) is 3. The van der Waals surface area contributed by atoms with Gasteiger partial charge in [0.05, 0.1) is 6.42 Å². The van der Waals surface area contributed by atoms with E-state index in [2.05, 4.69) is 10.7 Å². The van der Waals surface area contributed by atoms with E-state index in [0.717, 1.165) is 0 Å². The molecule has 0 fully saturated rings. The zero-order chi connectivity index (χ0) is 7.98. The topological polar surface area (TPSA) is 50.2 Å². The molecule has 0 aliphatic rings. The third-order valence-electron chi connectivity index (χ3n) is 0.726. The third kappa shape index (κ3) is 4.85. The molecule has 1 N–H and O–H groups in total. The molecule has 0 bridgehead atoms. The van der Waals surface area contributed by atoms with Crippen LogP contribution in [0.5, 0.6) is 0 Å². The molecule has 0 unspecified atom stereocenters. The molecular formula is C7H9NO2. The van der Waals surface area contributed by atoms with Crippen LogP contribution in [0, 0.1) is 17.8 Å². The normalized spacial score (nSPS) is 8.00. The van der Waals surface area contributed by atoms with Gasteiger partial charge in [0.1, 0.15) is 0 Å². The van der Waals surface area contributed by atoms with Crippen LogP contribution < -0.4 is 0 Å². The largest absolute Gasteiger partial charge is 0.452 e. The number of hydrogen-bond donors (Lipinski definition) is 1. The Hall–Kier alpha value is -1.30. The van der Waals surface area contributed by atoms with Crippen LogP contribution in [0.3, 0.4) is 0 Å². The van der Waals surface area contributed by atoms with Gasteiger partial charge in [0.2, 0.25) is 0 Å². The maximum Gasteiger partial charge on any atom is 0.312 e. The van der Waals surface area contributed by atoms with E-state index >= 15 is 0 Å². The van der Waals surface area contributed by atoms with Gasteiger partial charge in [-0.3, -0.25) is 4.79 Å². The maximum absolute atomic E-state index is 10.6. The van der Waals surface area contributed by atoms with Gasteiger partial charge in [-0.1, -0.05) is 5.92 Å². The van der Waals surface area contributed by atoms with Crippen molar-refractivity contribution >= 4 is 11.7 Å². The molecule has 0 aliphatic heterocycles. The van der Waals surface area contributed by atoms with E-state index in [-0.39, 0.29) is 18.7 Å². The van der Waals surface area contributed by atoms with Crippen molar-refractivity contribution in [2.45, 2.75) is 13.3 Å². The summed E-state index contributed by atoms with van der Waals surface area (Å²) in [7, 11) is 0. The van der Waals surface area contributed by atoms with E-state index in [0.29, 0.717) is 0 Å². The molecule has 0 aliphatic carbocycles. The van der Waals surface area contributed by atoms with Crippen molar-refractivity contribution < 1.29 is 9.53 Å². The van der Waals surface area contributed by atoms with E-state index in [1.54, 1.807) is 0 Å². The summed E-state index contributed by atoms with van der Waals surface area (Å²) in [5.41, 5.74) is 0.280. The van der Waals surface area contributed by atoms with Crippen LogP contribution in [0.2, 0.25) is 0 Å². The molecule has 0 spiro atoms. The van der Waals surface area contributed by atoms with E-state index < -0.39 is 5.97 Å². The standard InChI is InChI=1S/C7H9NO2/c1-3-4-10-7(9)5-6(2)8/h1,8H,4-5H2,2H3. The molecular weight excluding hydrogens is 130 g/mol. The Morgan fingerprint density at radius 3 is 2.80 bits per heavy atom. The lowest BCUT2D eigenvalue weighted by Gasteiger charge is -1.97. The van der Waals surface area contributed by atoms with Crippen molar-refractivity contribution in [1.82, 2.24) is 0 Å². The van der Waals surface area contributed by atoms with Gasteiger partial charge in [-0.15, -0.1) is 6.42 Å². The SMILES string of the molecule is C#CCOC(=O)CC(C)=N. The van der Waals surface area contributed by atoms with Crippen molar-refractivity contribution in [2.75, 3.05) is 6.61 Å². The molecule has 54 valence electrons. The maximum atomic E-state index is 10.6. The van der Waals surface area contributed by atoms with Gasteiger partial charge < -0.3 is 10.1 Å². The summed E-state index contributed by atoms with van der Waals surface area (Å²) >= 11 is 0. The fourth-order valence-electron chi connectivity index (χ4n) is 0.390. The Balaban J connectivity index is 3.47. The molecule has 0 radical (unpaired) electrons. The lowest BCUT2D eigenvalue weighted by molar-refractivity contribution is -0.140. The van der Waals surface area contributed by atoms with Crippen molar-refractivity contribution in [2.24, 2.45) is 0 Å². The Morgan fingerprint density at radius 2 is 2.40 bits per heavy atom. The van der Waals surface area contributed by atoms with Crippen LogP contribution >= 0.6 is 0 Å². The molecule has 0 aromatic heterocycles.